The molecule has 0 bridgehead atoms. The maximum absolute atomic E-state index is 12.9. The Hall–Kier alpha value is -2.89. The number of anilines is 2. The van der Waals surface area contributed by atoms with Crippen LogP contribution in [-0.4, -0.2) is 32.9 Å². The van der Waals surface area contributed by atoms with Crippen LogP contribution in [0.1, 0.15) is 13.3 Å². The van der Waals surface area contributed by atoms with Gasteiger partial charge in [0, 0.05) is 6.07 Å². The van der Waals surface area contributed by atoms with E-state index in [-0.39, 0.29) is 12.1 Å². The summed E-state index contributed by atoms with van der Waals surface area (Å²) in [4.78, 5) is 14.6. The van der Waals surface area contributed by atoms with Crippen molar-refractivity contribution in [1.29, 1.82) is 0 Å². The molecule has 1 N–H and O–H groups in total. The van der Waals surface area contributed by atoms with Gasteiger partial charge in [-0.15, -0.1) is 0 Å². The Bertz CT molecular complexity index is 763. The summed E-state index contributed by atoms with van der Waals surface area (Å²) in [6, 6.07) is 12.6. The van der Waals surface area contributed by atoms with Gasteiger partial charge in [0.25, 0.3) is 0 Å². The number of nitrogens with zero attached hydrogens (tertiary/aromatic N) is 1. The summed E-state index contributed by atoms with van der Waals surface area (Å²) in [6.45, 7) is 2.54. The number of nitrogens with one attached hydrogen (secondary N) is 1. The van der Waals surface area contributed by atoms with E-state index in [1.807, 2.05) is 31.2 Å². The summed E-state index contributed by atoms with van der Waals surface area (Å²) >= 11 is 0. The van der Waals surface area contributed by atoms with Crippen LogP contribution in [-0.2, 0) is 0 Å². The summed E-state index contributed by atoms with van der Waals surface area (Å²) in [6.07, 6.45) is 0.794. The molecule has 0 aromatic heterocycles. The van der Waals surface area contributed by atoms with Crippen LogP contribution >= 0.6 is 0 Å². The average molecular weight is 342 g/mol. The summed E-state index contributed by atoms with van der Waals surface area (Å²) < 4.78 is 16.5. The van der Waals surface area contributed by atoms with Gasteiger partial charge >= 0.3 is 6.03 Å². The van der Waals surface area contributed by atoms with Crippen LogP contribution in [0.15, 0.2) is 42.5 Å². The highest BCUT2D eigenvalue weighted by molar-refractivity contribution is 6.03. The lowest BCUT2D eigenvalue weighted by Gasteiger charge is -2.34. The third-order valence-corrected chi connectivity index (χ3v) is 4.19. The number of amides is 2. The monoisotopic (exact) mass is 342 g/mol. The van der Waals surface area contributed by atoms with E-state index in [9.17, 15) is 4.79 Å². The molecule has 1 aliphatic heterocycles. The minimum absolute atomic E-state index is 0.0292. The molecule has 0 saturated carbocycles. The second-order valence-electron chi connectivity index (χ2n) is 5.72. The minimum Gasteiger partial charge on any atom is -0.497 e. The van der Waals surface area contributed by atoms with E-state index in [0.717, 1.165) is 17.9 Å². The first-order valence-electron chi connectivity index (χ1n) is 8.22. The zero-order chi connectivity index (χ0) is 17.8. The number of methoxy groups -OCH3 is 2. The molecule has 0 spiro atoms. The average Bonchev–Trinajstić information content (AvgIpc) is 2.67. The van der Waals surface area contributed by atoms with Crippen LogP contribution in [0.25, 0.3) is 0 Å². The molecule has 25 heavy (non-hydrogen) atoms. The molecule has 0 saturated heterocycles. The lowest BCUT2D eigenvalue weighted by molar-refractivity contribution is 0.188. The van der Waals surface area contributed by atoms with Gasteiger partial charge < -0.3 is 19.5 Å². The number of urea groups is 1. The molecule has 0 unspecified atom stereocenters. The number of carbonyl (C=O) groups is 1. The molecular formula is C19H22N2O4. The molecule has 132 valence electrons. The molecule has 1 atom stereocenters. The molecule has 0 fully saturated rings. The van der Waals surface area contributed by atoms with E-state index < -0.39 is 0 Å². The molecular weight excluding hydrogens is 320 g/mol. The van der Waals surface area contributed by atoms with Crippen molar-refractivity contribution in [2.24, 2.45) is 0 Å². The predicted molar refractivity (Wildman–Crippen MR) is 97.1 cm³/mol. The molecule has 0 radical (unpaired) electrons. The zero-order valence-corrected chi connectivity index (χ0v) is 14.6. The van der Waals surface area contributed by atoms with Crippen molar-refractivity contribution in [3.05, 3.63) is 42.5 Å². The van der Waals surface area contributed by atoms with E-state index in [2.05, 4.69) is 5.32 Å². The smallest absolute Gasteiger partial charge is 0.326 e. The van der Waals surface area contributed by atoms with Crippen LogP contribution in [0.5, 0.6) is 17.2 Å². The fraction of sp³-hybridized carbons (Fsp3) is 0.316. The third-order valence-electron chi connectivity index (χ3n) is 4.19. The van der Waals surface area contributed by atoms with Gasteiger partial charge in [0.1, 0.15) is 23.4 Å². The van der Waals surface area contributed by atoms with Gasteiger partial charge in [0.2, 0.25) is 0 Å². The highest BCUT2D eigenvalue weighted by Gasteiger charge is 2.29. The van der Waals surface area contributed by atoms with Gasteiger partial charge in [-0.3, -0.25) is 4.90 Å². The van der Waals surface area contributed by atoms with Gasteiger partial charge in [-0.05, 0) is 30.7 Å². The van der Waals surface area contributed by atoms with Crippen LogP contribution < -0.4 is 24.4 Å². The van der Waals surface area contributed by atoms with E-state index in [0.29, 0.717) is 23.7 Å². The Morgan fingerprint density at radius 3 is 2.76 bits per heavy atom. The number of hydrogen-bond donors (Lipinski definition) is 1. The summed E-state index contributed by atoms with van der Waals surface area (Å²) in [5.41, 5.74) is 1.35. The van der Waals surface area contributed by atoms with Crippen LogP contribution in [0.3, 0.4) is 0 Å². The molecule has 3 rings (SSSR count). The second-order valence-corrected chi connectivity index (χ2v) is 5.72. The quantitative estimate of drug-likeness (QED) is 0.915. The lowest BCUT2D eigenvalue weighted by Crippen LogP contribution is -2.45. The van der Waals surface area contributed by atoms with E-state index in [4.69, 9.17) is 14.2 Å². The first-order chi connectivity index (χ1) is 12.2. The molecule has 2 aromatic rings. The molecule has 1 aliphatic rings. The maximum Gasteiger partial charge on any atom is 0.326 e. The normalized spacial score (nSPS) is 15.8. The Morgan fingerprint density at radius 2 is 2.04 bits per heavy atom. The highest BCUT2D eigenvalue weighted by atomic mass is 16.5. The number of ether oxygens (including phenoxy) is 3. The molecule has 1 heterocycles. The van der Waals surface area contributed by atoms with Crippen LogP contribution in [0.4, 0.5) is 16.2 Å². The Balaban J connectivity index is 1.86. The van der Waals surface area contributed by atoms with Crippen molar-refractivity contribution < 1.29 is 19.0 Å². The maximum atomic E-state index is 12.9. The first kappa shape index (κ1) is 17.0. The zero-order valence-electron chi connectivity index (χ0n) is 14.6. The fourth-order valence-electron chi connectivity index (χ4n) is 2.79. The van der Waals surface area contributed by atoms with Gasteiger partial charge in [0.15, 0.2) is 0 Å². The van der Waals surface area contributed by atoms with Crippen molar-refractivity contribution in [1.82, 2.24) is 0 Å². The minimum atomic E-state index is -0.224. The second kappa shape index (κ2) is 7.34. The number of rotatable bonds is 4. The van der Waals surface area contributed by atoms with Crippen molar-refractivity contribution in [3.8, 4) is 17.2 Å². The number of benzene rings is 2. The standard InChI is InChI=1S/C19H22N2O4/c1-4-13-12-21(16-7-5-6-8-17(16)25-13)19(22)20-15-10-9-14(23-2)11-18(15)24-3/h5-11,13H,4,12H2,1-3H3,(H,20,22)/t13-/m0/s1. The van der Waals surface area contributed by atoms with Gasteiger partial charge in [-0.2, -0.15) is 0 Å². The van der Waals surface area contributed by atoms with E-state index in [1.165, 1.54) is 0 Å². The predicted octanol–water partition coefficient (Wildman–Crippen LogP) is 3.91. The van der Waals surface area contributed by atoms with Crippen molar-refractivity contribution in [2.45, 2.75) is 19.4 Å². The Kier molecular flexibility index (Phi) is 4.97. The summed E-state index contributed by atoms with van der Waals surface area (Å²) in [7, 11) is 3.14. The van der Waals surface area contributed by atoms with Crippen LogP contribution in [0.2, 0.25) is 0 Å². The Morgan fingerprint density at radius 1 is 1.24 bits per heavy atom. The number of hydrogen-bond acceptors (Lipinski definition) is 4. The third kappa shape index (κ3) is 3.47. The first-order valence-corrected chi connectivity index (χ1v) is 8.22. The van der Waals surface area contributed by atoms with Crippen LogP contribution in [0, 0.1) is 0 Å². The number of fused-ring (bicyclic) bond motifs is 1. The number of para-hydroxylation sites is 2. The lowest BCUT2D eigenvalue weighted by atomic mass is 10.1. The Labute approximate surface area is 147 Å². The van der Waals surface area contributed by atoms with Gasteiger partial charge in [-0.25, -0.2) is 4.79 Å². The topological polar surface area (TPSA) is 60.0 Å². The molecule has 2 amide bonds. The SMILES string of the molecule is CC[C@H]1CN(C(=O)Nc2ccc(OC)cc2OC)c2ccccc2O1. The summed E-state index contributed by atoms with van der Waals surface area (Å²) in [5, 5.41) is 2.92. The number of carbonyl (C=O) groups excluding carboxylic acids is 1. The van der Waals surface area contributed by atoms with Crippen molar-refractivity contribution in [3.63, 3.8) is 0 Å². The van der Waals surface area contributed by atoms with E-state index >= 15 is 0 Å². The van der Waals surface area contributed by atoms with E-state index in [1.54, 1.807) is 37.3 Å². The van der Waals surface area contributed by atoms with Crippen molar-refractivity contribution in [2.75, 3.05) is 31.0 Å². The van der Waals surface area contributed by atoms with Gasteiger partial charge in [-0.1, -0.05) is 19.1 Å². The molecule has 2 aromatic carbocycles. The molecule has 6 nitrogen and oxygen atoms in total. The van der Waals surface area contributed by atoms with Crippen molar-refractivity contribution >= 4 is 17.4 Å². The highest BCUT2D eigenvalue weighted by Crippen LogP contribution is 2.35. The fourth-order valence-corrected chi connectivity index (χ4v) is 2.79. The summed E-state index contributed by atoms with van der Waals surface area (Å²) in [5.74, 6) is 1.93. The molecule has 6 heteroatoms. The van der Waals surface area contributed by atoms with Gasteiger partial charge in [0.05, 0.1) is 32.1 Å². The largest absolute Gasteiger partial charge is 0.497 e. The molecule has 0 aliphatic carbocycles.